The molecule has 2 nitrogen and oxygen atoms in total. The number of hydrogen-bond acceptors (Lipinski definition) is 4. The quantitative estimate of drug-likeness (QED) is 0.207. The van der Waals surface area contributed by atoms with Gasteiger partial charge >= 0.3 is 0 Å². The highest BCUT2D eigenvalue weighted by Crippen LogP contribution is 2.50. The average molecular weight is 533 g/mol. The SMILES string of the molecule is c1ccc(N2c3ccccc3B3c4c2cccc4N(c2ccccc2)c2sc4c(sc5ccccc54)c23)cc1. The Morgan fingerprint density at radius 2 is 1.08 bits per heavy atom. The smallest absolute Gasteiger partial charge is 0.255 e. The Morgan fingerprint density at radius 1 is 0.462 bits per heavy atom. The van der Waals surface area contributed by atoms with Crippen molar-refractivity contribution in [1.82, 2.24) is 0 Å². The summed E-state index contributed by atoms with van der Waals surface area (Å²) in [5.74, 6) is 0. The van der Waals surface area contributed by atoms with Gasteiger partial charge in [-0.3, -0.25) is 0 Å². The van der Waals surface area contributed by atoms with Crippen LogP contribution in [0.15, 0.2) is 127 Å². The lowest BCUT2D eigenvalue weighted by atomic mass is 9.34. The molecular formula is C34H21BN2S2. The van der Waals surface area contributed by atoms with E-state index < -0.39 is 0 Å². The van der Waals surface area contributed by atoms with E-state index in [9.17, 15) is 0 Å². The topological polar surface area (TPSA) is 6.48 Å². The Bertz CT molecular complexity index is 2040. The fourth-order valence-electron chi connectivity index (χ4n) is 6.52. The Balaban J connectivity index is 1.43. The predicted molar refractivity (Wildman–Crippen MR) is 171 cm³/mol. The minimum atomic E-state index is 0.170. The van der Waals surface area contributed by atoms with Gasteiger partial charge in [-0.25, -0.2) is 0 Å². The van der Waals surface area contributed by atoms with Gasteiger partial charge in [0.05, 0.1) is 9.70 Å². The molecule has 0 saturated heterocycles. The second kappa shape index (κ2) is 8.09. The molecule has 0 radical (unpaired) electrons. The van der Waals surface area contributed by atoms with Crippen molar-refractivity contribution in [3.05, 3.63) is 127 Å². The molecule has 0 unspecified atom stereocenters. The van der Waals surface area contributed by atoms with Crippen molar-refractivity contribution >= 4 is 98.7 Å². The first-order valence-electron chi connectivity index (χ1n) is 13.2. The largest absolute Gasteiger partial charge is 0.311 e. The monoisotopic (exact) mass is 532 g/mol. The maximum absolute atomic E-state index is 2.51. The van der Waals surface area contributed by atoms with Crippen molar-refractivity contribution in [3.8, 4) is 0 Å². The van der Waals surface area contributed by atoms with Crippen LogP contribution < -0.4 is 26.2 Å². The van der Waals surface area contributed by atoms with Gasteiger partial charge in [0, 0.05) is 43.2 Å². The number of benzene rings is 5. The van der Waals surface area contributed by atoms with Crippen molar-refractivity contribution in [2.75, 3.05) is 9.80 Å². The second-order valence-corrected chi connectivity index (χ2v) is 12.2. The third kappa shape index (κ3) is 2.92. The van der Waals surface area contributed by atoms with Gasteiger partial charge < -0.3 is 9.80 Å². The molecule has 0 amide bonds. The van der Waals surface area contributed by atoms with E-state index in [1.165, 1.54) is 69.3 Å². The molecule has 2 aliphatic heterocycles. The zero-order chi connectivity index (χ0) is 25.5. The first kappa shape index (κ1) is 21.6. The molecule has 0 spiro atoms. The molecule has 2 aromatic heterocycles. The maximum Gasteiger partial charge on any atom is 0.255 e. The van der Waals surface area contributed by atoms with Gasteiger partial charge in [-0.05, 0) is 64.9 Å². The fourth-order valence-corrected chi connectivity index (χ4v) is 9.38. The van der Waals surface area contributed by atoms with E-state index in [4.69, 9.17) is 0 Å². The molecule has 0 bridgehead atoms. The van der Waals surface area contributed by atoms with Crippen LogP contribution in [-0.2, 0) is 0 Å². The molecule has 5 heteroatoms. The van der Waals surface area contributed by atoms with E-state index in [-0.39, 0.29) is 6.71 Å². The van der Waals surface area contributed by atoms with Crippen LogP contribution >= 0.6 is 22.7 Å². The van der Waals surface area contributed by atoms with Crippen LogP contribution in [0.4, 0.5) is 33.4 Å². The summed E-state index contributed by atoms with van der Waals surface area (Å²) >= 11 is 3.89. The van der Waals surface area contributed by atoms with Gasteiger partial charge in [0.1, 0.15) is 0 Å². The number of thiophene rings is 2. The first-order valence-corrected chi connectivity index (χ1v) is 14.9. The Morgan fingerprint density at radius 3 is 1.87 bits per heavy atom. The summed E-state index contributed by atoms with van der Waals surface area (Å²) in [6, 6.07) is 46.4. The lowest BCUT2D eigenvalue weighted by molar-refractivity contribution is 1.27. The fraction of sp³-hybridized carbons (Fsp3) is 0. The maximum atomic E-state index is 2.51. The lowest BCUT2D eigenvalue weighted by Crippen LogP contribution is -2.60. The Hall–Kier alpha value is -4.32. The number of hydrogen-bond donors (Lipinski definition) is 0. The highest BCUT2D eigenvalue weighted by molar-refractivity contribution is 7.37. The molecule has 39 heavy (non-hydrogen) atoms. The summed E-state index contributed by atoms with van der Waals surface area (Å²) in [5, 5.41) is 2.70. The highest BCUT2D eigenvalue weighted by Gasteiger charge is 2.45. The van der Waals surface area contributed by atoms with Crippen LogP contribution in [0.25, 0.3) is 19.5 Å². The molecule has 5 aromatic carbocycles. The van der Waals surface area contributed by atoms with E-state index >= 15 is 0 Å². The van der Waals surface area contributed by atoms with Crippen LogP contribution in [0.1, 0.15) is 0 Å². The predicted octanol–water partition coefficient (Wildman–Crippen LogP) is 8.20. The zero-order valence-electron chi connectivity index (χ0n) is 20.9. The number of fused-ring (bicyclic) bond motifs is 8. The van der Waals surface area contributed by atoms with Crippen molar-refractivity contribution in [3.63, 3.8) is 0 Å². The average Bonchev–Trinajstić information content (AvgIpc) is 3.54. The van der Waals surface area contributed by atoms with Crippen molar-refractivity contribution in [2.24, 2.45) is 0 Å². The van der Waals surface area contributed by atoms with Gasteiger partial charge in [-0.2, -0.15) is 0 Å². The van der Waals surface area contributed by atoms with Crippen molar-refractivity contribution < 1.29 is 0 Å². The minimum absolute atomic E-state index is 0.170. The summed E-state index contributed by atoms with van der Waals surface area (Å²) in [6.45, 7) is 0.170. The molecule has 9 rings (SSSR count). The van der Waals surface area contributed by atoms with E-state index in [0.717, 1.165) is 0 Å². The van der Waals surface area contributed by atoms with E-state index in [2.05, 4.69) is 137 Å². The first-order chi connectivity index (χ1) is 19.4. The second-order valence-electron chi connectivity index (χ2n) is 10.1. The normalized spacial score (nSPS) is 13.5. The van der Waals surface area contributed by atoms with Gasteiger partial charge in [0.25, 0.3) is 6.71 Å². The molecular weight excluding hydrogens is 511 g/mol. The summed E-state index contributed by atoms with van der Waals surface area (Å²) in [6.07, 6.45) is 0. The molecule has 0 saturated carbocycles. The molecule has 0 aliphatic carbocycles. The van der Waals surface area contributed by atoms with E-state index in [1.807, 2.05) is 22.7 Å². The zero-order valence-corrected chi connectivity index (χ0v) is 22.5. The molecule has 7 aromatic rings. The van der Waals surface area contributed by atoms with Crippen LogP contribution in [0.3, 0.4) is 0 Å². The third-order valence-electron chi connectivity index (χ3n) is 8.06. The van der Waals surface area contributed by atoms with Gasteiger partial charge in [-0.15, -0.1) is 22.7 Å². The molecule has 0 fully saturated rings. The summed E-state index contributed by atoms with van der Waals surface area (Å²) in [4.78, 5) is 4.96. The van der Waals surface area contributed by atoms with Crippen molar-refractivity contribution in [2.45, 2.75) is 0 Å². The summed E-state index contributed by atoms with van der Waals surface area (Å²) in [7, 11) is 0. The molecule has 182 valence electrons. The van der Waals surface area contributed by atoms with E-state index in [1.54, 1.807) is 0 Å². The third-order valence-corrected chi connectivity index (χ3v) is 10.6. The number of rotatable bonds is 2. The van der Waals surface area contributed by atoms with Crippen LogP contribution in [0, 0.1) is 0 Å². The summed E-state index contributed by atoms with van der Waals surface area (Å²) < 4.78 is 4.19. The number of anilines is 6. The molecule has 2 aliphatic rings. The minimum Gasteiger partial charge on any atom is -0.311 e. The van der Waals surface area contributed by atoms with Gasteiger partial charge in [0.2, 0.25) is 0 Å². The van der Waals surface area contributed by atoms with Crippen LogP contribution in [0.2, 0.25) is 0 Å². The summed E-state index contributed by atoms with van der Waals surface area (Å²) in [5.41, 5.74) is 10.4. The molecule has 4 heterocycles. The van der Waals surface area contributed by atoms with Crippen molar-refractivity contribution in [1.29, 1.82) is 0 Å². The van der Waals surface area contributed by atoms with Gasteiger partial charge in [-0.1, -0.05) is 78.9 Å². The Kier molecular flexibility index (Phi) is 4.48. The standard InChI is InChI=1S/C34H21BN2S2/c1-3-12-22(13-4-1)36-26-18-9-8-17-25(26)35-30-27(36)19-11-20-28(30)37(23-14-5-2-6-15-23)34-31(35)33-32(39-34)24-16-7-10-21-29(24)38-33/h1-21H. The van der Waals surface area contributed by atoms with Crippen LogP contribution in [-0.4, -0.2) is 6.71 Å². The van der Waals surface area contributed by atoms with Gasteiger partial charge in [0.15, 0.2) is 0 Å². The number of para-hydroxylation sites is 3. The highest BCUT2D eigenvalue weighted by atomic mass is 32.1. The Labute approximate surface area is 235 Å². The lowest BCUT2D eigenvalue weighted by Gasteiger charge is -2.42. The number of nitrogens with zero attached hydrogens (tertiary/aromatic N) is 2. The molecule has 0 N–H and O–H groups in total. The molecule has 0 atom stereocenters. The van der Waals surface area contributed by atoms with Crippen LogP contribution in [0.5, 0.6) is 0 Å². The van der Waals surface area contributed by atoms with E-state index in [0.29, 0.717) is 0 Å².